The quantitative estimate of drug-likeness (QED) is 0.0842. The maximum atomic E-state index is 13.9. The average molecular weight is 1480 g/mol. The molecular formula is C74H73N21O12. The topological polar surface area (TPSA) is 379 Å². The van der Waals surface area contributed by atoms with Gasteiger partial charge in [-0.25, -0.2) is 43.9 Å². The highest BCUT2D eigenvalue weighted by molar-refractivity contribution is 6.46. The molecule has 3 aliphatic heterocycles. The second-order valence-electron chi connectivity index (χ2n) is 22.6. The first-order valence-corrected chi connectivity index (χ1v) is 31.1. The van der Waals surface area contributed by atoms with Gasteiger partial charge in [-0.15, -0.1) is 0 Å². The number of hydrogen-bond donors (Lipinski definition) is 3. The van der Waals surface area contributed by atoms with Crippen LogP contribution in [0.3, 0.4) is 0 Å². The highest BCUT2D eigenvalue weighted by atomic mass is 16.5. The number of benzene rings is 3. The highest BCUT2D eigenvalue weighted by Crippen LogP contribution is 2.35. The molecule has 3 aliphatic rings. The third-order valence-corrected chi connectivity index (χ3v) is 15.8. The fourth-order valence-corrected chi connectivity index (χ4v) is 10.6. The molecule has 0 spiro atoms. The lowest BCUT2D eigenvalue weighted by atomic mass is 10.1. The number of hydrogen-bond acceptors (Lipinski definition) is 21. The predicted octanol–water partition coefficient (Wildman–Crippen LogP) is 5.50. The molecule has 0 aliphatic carbocycles. The van der Waals surface area contributed by atoms with E-state index in [0.29, 0.717) is 11.6 Å². The average Bonchev–Trinajstić information content (AvgIpc) is 1.27. The summed E-state index contributed by atoms with van der Waals surface area (Å²) in [6, 6.07) is 1.49. The fraction of sp³-hybridized carbons (Fsp3) is 0.270. The van der Waals surface area contributed by atoms with Gasteiger partial charge in [0.25, 0.3) is 52.8 Å². The summed E-state index contributed by atoms with van der Waals surface area (Å²) in [6.45, 7) is -24.3. The van der Waals surface area contributed by atoms with Gasteiger partial charge in [0, 0.05) is 113 Å². The summed E-state index contributed by atoms with van der Waals surface area (Å²) in [5.41, 5.74) is -3.62. The number of methoxy groups -OCH3 is 3. The van der Waals surface area contributed by atoms with Crippen LogP contribution < -0.4 is 14.2 Å². The number of piperazine rings is 3. The largest absolute Gasteiger partial charge is 0.494 e. The van der Waals surface area contributed by atoms with Crippen molar-refractivity contribution in [1.82, 2.24) is 104 Å². The molecule has 0 saturated carbocycles. The molecule has 3 fully saturated rings. The number of H-pyrrole nitrogens is 3. The second kappa shape index (κ2) is 30.8. The number of amides is 6. The molecule has 3 N–H and O–H groups in total. The molecule has 0 atom stereocenters. The SMILES string of the molecule is [2H]C([2H])([2H])Oc1cnc(-n2cnc(C)n2)c2[nH]cc(C(=O)C(=O)N3C([2H])([2H])C([2H])([2H])N(C(=O)c4ccccc4)C([2H])([2H])C3([2H])[2H])c12.[2H]c1c([2H])c(C(=O)N2C([2H])([2H])C([2H])([2H])N(C(=O)C(=O)c3c[nH]c4c(-n5cnc(C)n5)ncc(OC([2H])([2H])[2H])c34)C([2H])([2H])C2([2H])[2H])c([2H])c([2H])c1C.[2H]c1c([2H])c(C(=O)N2CCN(C(=O)C(=O)c3c[nH]c4c(-n5cnc(C)n5)ncc(OC([2H])([2H])[2H])c34)CC2)c([2H])c([2H])c1C. The molecule has 12 heterocycles. The van der Waals surface area contributed by atoms with E-state index in [2.05, 4.69) is 60.2 Å². The number of ether oxygens (including phenoxy) is 3. The van der Waals surface area contributed by atoms with Crippen LogP contribution in [0.15, 0.2) is 135 Å². The van der Waals surface area contributed by atoms with Gasteiger partial charge in [0.2, 0.25) is 0 Å². The number of aromatic amines is 3. The number of aromatic nitrogens is 15. The Balaban J connectivity index is 0.000000177. The van der Waals surface area contributed by atoms with E-state index < -0.39 is 210 Å². The Hall–Kier alpha value is -13.6. The van der Waals surface area contributed by atoms with Crippen LogP contribution >= 0.6 is 0 Å². The van der Waals surface area contributed by atoms with Crippen LogP contribution in [0.2, 0.25) is 0 Å². The number of fused-ring (bicyclic) bond motifs is 3. The van der Waals surface area contributed by atoms with Crippen LogP contribution in [0.1, 0.15) is 136 Å². The Morgan fingerprint density at radius 2 is 0.701 bits per heavy atom. The van der Waals surface area contributed by atoms with Crippen LogP contribution in [-0.2, 0) is 14.4 Å². The van der Waals surface area contributed by atoms with Crippen molar-refractivity contribution >= 4 is 85.5 Å². The smallest absolute Gasteiger partial charge is 0.295 e. The molecule has 107 heavy (non-hydrogen) atoms. The van der Waals surface area contributed by atoms with E-state index in [1.54, 1.807) is 13.8 Å². The zero-order valence-electron chi connectivity index (χ0n) is 88.9. The van der Waals surface area contributed by atoms with E-state index in [-0.39, 0.29) is 127 Å². The molecule has 33 nitrogen and oxygen atoms in total. The van der Waals surface area contributed by atoms with Gasteiger partial charge in [0.05, 0.1) is 134 Å². The third-order valence-electron chi connectivity index (χ3n) is 15.8. The number of Topliss-reactive ketones (excluding diaryl/α,β-unsaturated/α-hetero) is 3. The summed E-state index contributed by atoms with van der Waals surface area (Å²) in [7, 11) is -9.09. The summed E-state index contributed by atoms with van der Waals surface area (Å²) in [5, 5.41) is 11.6. The van der Waals surface area contributed by atoms with E-state index in [4.69, 9.17) is 59.4 Å². The fourth-order valence-electron chi connectivity index (χ4n) is 10.6. The van der Waals surface area contributed by atoms with Gasteiger partial charge in [-0.1, -0.05) is 53.5 Å². The van der Waals surface area contributed by atoms with Crippen LogP contribution in [0.25, 0.3) is 50.2 Å². The molecule has 0 bridgehead atoms. The lowest BCUT2D eigenvalue weighted by Gasteiger charge is -2.34. The Bertz CT molecular complexity index is 7010. The van der Waals surface area contributed by atoms with Gasteiger partial charge in [-0.3, -0.25) is 43.2 Å². The predicted molar refractivity (Wildman–Crippen MR) is 386 cm³/mol. The molecule has 9 aromatic heterocycles. The molecule has 0 unspecified atom stereocenters. The lowest BCUT2D eigenvalue weighted by Crippen LogP contribution is -2.52. The maximum Gasteiger partial charge on any atom is 0.295 e. The van der Waals surface area contributed by atoms with Gasteiger partial charge in [0.1, 0.15) is 53.7 Å². The van der Waals surface area contributed by atoms with Crippen molar-refractivity contribution in [3.05, 3.63) is 197 Å². The molecule has 12 aromatic rings. The first kappa shape index (κ1) is 41.6. The summed E-state index contributed by atoms with van der Waals surface area (Å²) in [5.74, 6) is -14.0. The summed E-state index contributed by atoms with van der Waals surface area (Å²) >= 11 is 0. The summed E-state index contributed by atoms with van der Waals surface area (Å²) in [4.78, 5) is 156. The first-order valence-electron chi connectivity index (χ1n) is 47.6. The molecule has 546 valence electrons. The standard InChI is InChI=1S/2C25H25N7O4.C24H23N7O4/c2*1-15-4-6-17(7-5-15)24(34)30-8-10-31(11-9-30)25(35)22(33)18-12-26-21-20(18)19(36-3)13-27-23(21)32-14-28-16(2)29-32;1-15-27-14-31(28-15)22-20-19(18(35-2)13-26-22)17(12-25-20)21(32)24(34)30-10-8-29(9-11-30)23(33)16-6-4-3-5-7-16/h2*4-7,12-14,26H,8-11H2,1-3H3;3-7,12-14,25H,8-11H2,1-2H3/i3D3,4D,5D,6D,7D,8D2,9D2,10D2,11D2;3D3,4D,5D,6D,7D;2D3,8D2,9D2,10D2,11D2. The Labute approximate surface area is 656 Å². The zero-order chi connectivity index (χ0) is 104. The first-order chi connectivity index (χ1) is 64.5. The van der Waals surface area contributed by atoms with Crippen LogP contribution in [-0.4, -0.2) is 256 Å². The van der Waals surface area contributed by atoms with Crippen molar-refractivity contribution < 1.29 is 103 Å². The van der Waals surface area contributed by atoms with Crippen LogP contribution in [0.4, 0.5) is 0 Å². The number of nitrogens with zero attached hydrogens (tertiary/aromatic N) is 18. The van der Waals surface area contributed by atoms with E-state index in [0.717, 1.165) is 40.3 Å². The van der Waals surface area contributed by atoms with E-state index in [1.165, 1.54) is 90.8 Å². The Kier molecular flexibility index (Phi) is 12.0. The minimum Gasteiger partial charge on any atom is -0.494 e. The van der Waals surface area contributed by atoms with E-state index >= 15 is 0 Å². The highest BCUT2D eigenvalue weighted by Gasteiger charge is 2.36. The van der Waals surface area contributed by atoms with Gasteiger partial charge >= 0.3 is 0 Å². The monoisotopic (exact) mass is 1480 g/mol. The minimum absolute atomic E-state index is 0.0177. The number of nitrogens with one attached hydrogen (secondary N) is 3. The number of ketones is 3. The number of rotatable bonds is 15. The van der Waals surface area contributed by atoms with Gasteiger partial charge < -0.3 is 58.6 Å². The second-order valence-corrected chi connectivity index (χ2v) is 22.6. The van der Waals surface area contributed by atoms with Crippen molar-refractivity contribution in [1.29, 1.82) is 0 Å². The number of carbonyl (C=O) groups excluding carboxylic acids is 9. The Morgan fingerprint density at radius 3 is 1.03 bits per heavy atom. The number of aryl methyl sites for hydroxylation is 3. The number of carbonyl (C=O) groups is 9. The van der Waals surface area contributed by atoms with Crippen molar-refractivity contribution in [3.8, 4) is 34.7 Å². The zero-order valence-corrected chi connectivity index (χ0v) is 55.9. The molecule has 6 amide bonds. The van der Waals surface area contributed by atoms with E-state index in [1.807, 2.05) is 0 Å². The maximum absolute atomic E-state index is 13.9. The van der Waals surface area contributed by atoms with Gasteiger partial charge in [-0.05, 0) is 70.9 Å². The molecule has 0 radical (unpaired) electrons. The minimum atomic E-state index is -4.09. The summed E-state index contributed by atoms with van der Waals surface area (Å²) in [6.07, 6.45) is 9.77. The van der Waals surface area contributed by atoms with E-state index in [9.17, 15) is 43.2 Å². The lowest BCUT2D eigenvalue weighted by molar-refractivity contribution is -0.128. The number of pyridine rings is 3. The molecule has 15 rings (SSSR count). The van der Waals surface area contributed by atoms with Gasteiger partial charge in [0.15, 0.2) is 17.5 Å². The van der Waals surface area contributed by atoms with Crippen molar-refractivity contribution in [2.24, 2.45) is 0 Å². The molecule has 33 heteroatoms. The van der Waals surface area contributed by atoms with Crippen molar-refractivity contribution in [3.63, 3.8) is 0 Å². The molecular weight excluding hydrogens is 1370 g/mol. The third kappa shape index (κ3) is 14.6. The van der Waals surface area contributed by atoms with Gasteiger partial charge in [-0.2, -0.15) is 15.3 Å². The Morgan fingerprint density at radius 1 is 0.393 bits per heavy atom. The van der Waals surface area contributed by atoms with Crippen molar-refractivity contribution in [2.45, 2.75) is 34.6 Å². The normalized spacial score (nSPS) is 22.4. The van der Waals surface area contributed by atoms with Crippen LogP contribution in [0, 0.1) is 34.6 Å². The molecule has 3 saturated heterocycles. The molecule has 3 aromatic carbocycles. The summed E-state index contributed by atoms with van der Waals surface area (Å²) < 4.78 is 288. The van der Waals surface area contributed by atoms with Crippen molar-refractivity contribution in [2.75, 3.05) is 99.3 Å². The van der Waals surface area contributed by atoms with Crippen LogP contribution in [0.5, 0.6) is 17.2 Å².